The number of phenolic OH excluding ortho intramolecular Hbond substituents is 1. The van der Waals surface area contributed by atoms with E-state index in [4.69, 9.17) is 16.5 Å². The molecule has 0 aliphatic rings. The van der Waals surface area contributed by atoms with Gasteiger partial charge in [-0.3, -0.25) is 9.63 Å². The zero-order chi connectivity index (χ0) is 25.0. The van der Waals surface area contributed by atoms with Crippen molar-refractivity contribution in [3.63, 3.8) is 0 Å². The van der Waals surface area contributed by atoms with Crippen LogP contribution in [-0.2, 0) is 10.2 Å². The Morgan fingerprint density at radius 2 is 1.62 bits per heavy atom. The second kappa shape index (κ2) is 14.1. The molecular weight excluding hydrogens is 448 g/mol. The van der Waals surface area contributed by atoms with Gasteiger partial charge in [-0.05, 0) is 54.7 Å². The molecular formula is C28H41ClN2O3. The maximum Gasteiger partial charge on any atom is 0.265 e. The number of halogens is 1. The highest BCUT2D eigenvalue weighted by Gasteiger charge is 2.23. The fourth-order valence-electron chi connectivity index (χ4n) is 3.94. The zero-order valence-corrected chi connectivity index (χ0v) is 21.9. The number of hydrogen-bond acceptors (Lipinski definition) is 4. The van der Waals surface area contributed by atoms with Gasteiger partial charge in [0, 0.05) is 23.0 Å². The highest BCUT2D eigenvalue weighted by Crippen LogP contribution is 2.34. The molecule has 0 heterocycles. The molecule has 0 bridgehead atoms. The highest BCUT2D eigenvalue weighted by atomic mass is 35.5. The van der Waals surface area contributed by atoms with E-state index in [9.17, 15) is 9.90 Å². The first kappa shape index (κ1) is 27.8. The summed E-state index contributed by atoms with van der Waals surface area (Å²) in [7, 11) is 0. The molecule has 0 aliphatic carbocycles. The first-order chi connectivity index (χ1) is 16.2. The molecule has 2 rings (SSSR count). The topological polar surface area (TPSA) is 70.6 Å². The molecule has 34 heavy (non-hydrogen) atoms. The molecule has 0 radical (unpaired) electrons. The SMILES string of the molecule is CCCCCCCCCCC(Oc1ccc(O)c(C(C)(C)C)c1)C(=O)Nc1cccc(NCl)c1. The van der Waals surface area contributed by atoms with E-state index in [0.29, 0.717) is 23.5 Å². The first-order valence-corrected chi connectivity index (χ1v) is 12.9. The van der Waals surface area contributed by atoms with E-state index in [-0.39, 0.29) is 17.1 Å². The summed E-state index contributed by atoms with van der Waals surface area (Å²) < 4.78 is 6.19. The summed E-state index contributed by atoms with van der Waals surface area (Å²) in [6.45, 7) is 8.34. The predicted molar refractivity (Wildman–Crippen MR) is 143 cm³/mol. The van der Waals surface area contributed by atoms with Crippen molar-refractivity contribution in [1.29, 1.82) is 0 Å². The molecule has 188 valence electrons. The number of phenols is 1. The number of amides is 1. The third-order valence-corrected chi connectivity index (χ3v) is 6.12. The van der Waals surface area contributed by atoms with Crippen LogP contribution in [0.2, 0.25) is 0 Å². The number of unbranched alkanes of at least 4 members (excludes halogenated alkanes) is 7. The zero-order valence-electron chi connectivity index (χ0n) is 21.1. The molecule has 1 unspecified atom stereocenters. The van der Waals surface area contributed by atoms with Crippen LogP contribution in [0.4, 0.5) is 11.4 Å². The number of hydrogen-bond donors (Lipinski definition) is 3. The van der Waals surface area contributed by atoms with Crippen molar-refractivity contribution in [3.05, 3.63) is 48.0 Å². The van der Waals surface area contributed by atoms with Crippen LogP contribution in [0.1, 0.15) is 91.0 Å². The summed E-state index contributed by atoms with van der Waals surface area (Å²) >= 11 is 5.70. The molecule has 3 N–H and O–H groups in total. The normalized spacial score (nSPS) is 12.3. The third kappa shape index (κ3) is 9.46. The molecule has 6 heteroatoms. The van der Waals surface area contributed by atoms with Gasteiger partial charge in [0.15, 0.2) is 6.10 Å². The van der Waals surface area contributed by atoms with Crippen LogP contribution in [0.5, 0.6) is 11.5 Å². The minimum atomic E-state index is -0.634. The third-order valence-electron chi connectivity index (χ3n) is 5.91. The van der Waals surface area contributed by atoms with Crippen molar-refractivity contribution in [2.24, 2.45) is 0 Å². The Balaban J connectivity index is 2.06. The lowest BCUT2D eigenvalue weighted by molar-refractivity contribution is -0.123. The van der Waals surface area contributed by atoms with Gasteiger partial charge >= 0.3 is 0 Å². The van der Waals surface area contributed by atoms with Crippen LogP contribution in [-0.4, -0.2) is 17.1 Å². The Labute approximate surface area is 210 Å². The van der Waals surface area contributed by atoms with Gasteiger partial charge in [-0.2, -0.15) is 0 Å². The maximum atomic E-state index is 13.2. The molecule has 5 nitrogen and oxygen atoms in total. The number of benzene rings is 2. The smallest absolute Gasteiger partial charge is 0.265 e. The fraction of sp³-hybridized carbons (Fsp3) is 0.536. The number of nitrogens with one attached hydrogen (secondary N) is 2. The Morgan fingerprint density at radius 3 is 2.26 bits per heavy atom. The monoisotopic (exact) mass is 488 g/mol. The molecule has 2 aromatic carbocycles. The van der Waals surface area contributed by atoms with E-state index in [2.05, 4.69) is 17.1 Å². The molecule has 1 amide bonds. The average Bonchev–Trinajstić information content (AvgIpc) is 2.80. The summed E-state index contributed by atoms with van der Waals surface area (Å²) in [6.07, 6.45) is 9.54. The summed E-state index contributed by atoms with van der Waals surface area (Å²) in [5.41, 5.74) is 1.90. The summed E-state index contributed by atoms with van der Waals surface area (Å²) in [4.78, 5) is 15.7. The average molecular weight is 489 g/mol. The van der Waals surface area contributed by atoms with Crippen LogP contribution in [0.15, 0.2) is 42.5 Å². The second-order valence-corrected chi connectivity index (χ2v) is 10.2. The number of aromatic hydroxyl groups is 1. The van der Waals surface area contributed by atoms with E-state index in [1.54, 1.807) is 18.2 Å². The van der Waals surface area contributed by atoms with E-state index >= 15 is 0 Å². The standard InChI is InChI=1S/C28H41ClN2O3/c1-5-6-7-8-9-10-11-12-16-26(27(33)30-21-14-13-15-22(19-21)31-29)34-23-17-18-25(32)24(20-23)28(2,3)4/h13-15,17-20,26,31-32H,5-12,16H2,1-4H3,(H,30,33). The molecule has 0 saturated carbocycles. The van der Waals surface area contributed by atoms with Crippen molar-refractivity contribution in [3.8, 4) is 11.5 Å². The number of rotatable bonds is 14. The molecule has 0 aromatic heterocycles. The van der Waals surface area contributed by atoms with E-state index in [1.807, 2.05) is 45.0 Å². The van der Waals surface area contributed by atoms with Gasteiger partial charge in [0.25, 0.3) is 5.91 Å². The van der Waals surface area contributed by atoms with Crippen molar-refractivity contribution in [2.45, 2.75) is 97.0 Å². The summed E-state index contributed by atoms with van der Waals surface area (Å²) in [5.74, 6) is 0.619. The minimum Gasteiger partial charge on any atom is -0.508 e. The Kier molecular flexibility index (Phi) is 11.5. The van der Waals surface area contributed by atoms with Crippen molar-refractivity contribution in [2.75, 3.05) is 10.2 Å². The summed E-state index contributed by atoms with van der Waals surface area (Å²) in [6, 6.07) is 12.4. The lowest BCUT2D eigenvalue weighted by Crippen LogP contribution is -2.33. The van der Waals surface area contributed by atoms with Crippen LogP contribution in [0, 0.1) is 0 Å². The van der Waals surface area contributed by atoms with Crippen molar-refractivity contribution >= 4 is 29.1 Å². The number of ether oxygens (including phenoxy) is 1. The van der Waals surface area contributed by atoms with Gasteiger partial charge in [0.2, 0.25) is 0 Å². The van der Waals surface area contributed by atoms with Crippen LogP contribution >= 0.6 is 11.8 Å². The van der Waals surface area contributed by atoms with Gasteiger partial charge < -0.3 is 15.2 Å². The number of carbonyl (C=O) groups excluding carboxylic acids is 1. The molecule has 0 spiro atoms. The van der Waals surface area contributed by atoms with Gasteiger partial charge in [-0.1, -0.05) is 78.7 Å². The van der Waals surface area contributed by atoms with Crippen molar-refractivity contribution in [1.82, 2.24) is 0 Å². The Hall–Kier alpha value is -2.40. The molecule has 2 aromatic rings. The molecule has 0 saturated heterocycles. The molecule has 0 aliphatic heterocycles. The largest absolute Gasteiger partial charge is 0.508 e. The van der Waals surface area contributed by atoms with E-state index in [0.717, 1.165) is 18.4 Å². The van der Waals surface area contributed by atoms with Gasteiger partial charge in [-0.15, -0.1) is 0 Å². The van der Waals surface area contributed by atoms with E-state index < -0.39 is 6.10 Å². The number of carbonyl (C=O) groups is 1. The quantitative estimate of drug-likeness (QED) is 0.185. The van der Waals surface area contributed by atoms with Crippen LogP contribution in [0.3, 0.4) is 0 Å². The van der Waals surface area contributed by atoms with Gasteiger partial charge in [-0.25, -0.2) is 0 Å². The van der Waals surface area contributed by atoms with Gasteiger partial charge in [0.05, 0.1) is 5.69 Å². The Morgan fingerprint density at radius 1 is 0.971 bits per heavy atom. The van der Waals surface area contributed by atoms with Crippen LogP contribution < -0.4 is 14.9 Å². The Bertz CT molecular complexity index is 895. The number of anilines is 2. The molecule has 0 fully saturated rings. The van der Waals surface area contributed by atoms with Gasteiger partial charge in [0.1, 0.15) is 11.5 Å². The first-order valence-electron chi connectivity index (χ1n) is 12.5. The lowest BCUT2D eigenvalue weighted by atomic mass is 9.86. The predicted octanol–water partition coefficient (Wildman–Crippen LogP) is 8.17. The second-order valence-electron chi connectivity index (χ2n) is 9.96. The molecule has 1 atom stereocenters. The van der Waals surface area contributed by atoms with Crippen LogP contribution in [0.25, 0.3) is 0 Å². The highest BCUT2D eigenvalue weighted by molar-refractivity contribution is 6.24. The maximum absolute atomic E-state index is 13.2. The fourth-order valence-corrected chi connectivity index (χ4v) is 4.06. The lowest BCUT2D eigenvalue weighted by Gasteiger charge is -2.23. The summed E-state index contributed by atoms with van der Waals surface area (Å²) in [5, 5.41) is 13.2. The van der Waals surface area contributed by atoms with E-state index in [1.165, 1.54) is 38.5 Å². The van der Waals surface area contributed by atoms with Crippen molar-refractivity contribution < 1.29 is 14.6 Å². The minimum absolute atomic E-state index is 0.194.